The van der Waals surface area contributed by atoms with Crippen LogP contribution in [0, 0.1) is 127 Å². The van der Waals surface area contributed by atoms with E-state index in [1.54, 1.807) is 0 Å². The predicted molar refractivity (Wildman–Crippen MR) is 138 cm³/mol. The molecule has 4 aliphatic carbocycles. The second kappa shape index (κ2) is 20.3. The summed E-state index contributed by atoms with van der Waals surface area (Å²) < 4.78 is 0. The van der Waals surface area contributed by atoms with Gasteiger partial charge in [-0.2, -0.15) is 0 Å². The van der Waals surface area contributed by atoms with Crippen molar-refractivity contribution in [3.05, 3.63) is 174 Å². The molecular formula is C31H27Fe2NO+4. The molecule has 1 aromatic carbocycles. The van der Waals surface area contributed by atoms with Crippen LogP contribution in [0.2, 0.25) is 0 Å². The number of hydrogen-bond acceptors (Lipinski definition) is 2. The van der Waals surface area contributed by atoms with Gasteiger partial charge in [0.1, 0.15) is 0 Å². The van der Waals surface area contributed by atoms with E-state index < -0.39 is 0 Å². The van der Waals surface area contributed by atoms with Gasteiger partial charge in [-0.25, -0.2) is 0 Å². The van der Waals surface area contributed by atoms with E-state index in [1.807, 2.05) is 102 Å². The van der Waals surface area contributed by atoms with Crippen LogP contribution in [0.25, 0.3) is 12.2 Å². The van der Waals surface area contributed by atoms with Gasteiger partial charge in [-0.15, -0.1) is 0 Å². The first-order valence-corrected chi connectivity index (χ1v) is 10.8. The molecule has 1 N–H and O–H groups in total. The van der Waals surface area contributed by atoms with Gasteiger partial charge in [0.15, 0.2) is 0 Å². The molecule has 2 nitrogen and oxygen atoms in total. The molecule has 35 heavy (non-hydrogen) atoms. The van der Waals surface area contributed by atoms with Crippen molar-refractivity contribution < 1.29 is 39.3 Å². The third kappa shape index (κ3) is 13.9. The molecule has 5 rings (SSSR count). The van der Waals surface area contributed by atoms with E-state index >= 15 is 0 Å². The van der Waals surface area contributed by atoms with Gasteiger partial charge in [0.25, 0.3) is 0 Å². The zero-order valence-electron chi connectivity index (χ0n) is 19.1. The standard InChI is InChI=1S/C21H17NO.2C5H5.2Fe/c23-22-16-21-14-19(11-9-17-5-1-2-6-17)13-20(15-21)12-10-18-7-3-4-8-18;2*1-2-4-5-3-1;;/h1-16,23H;2*1-5H;;/q;;;2*+2/b11-9+,12-10+,22-16+;;;;. The molecule has 174 valence electrons. The molecule has 4 aliphatic rings. The predicted octanol–water partition coefficient (Wildman–Crippen LogP) is 6.37. The van der Waals surface area contributed by atoms with E-state index in [0.29, 0.717) is 0 Å². The molecule has 4 saturated carbocycles. The quantitative estimate of drug-likeness (QED) is 0.200. The van der Waals surface area contributed by atoms with Crippen LogP contribution in [-0.2, 0) is 34.1 Å². The van der Waals surface area contributed by atoms with Crippen LogP contribution >= 0.6 is 0 Å². The minimum Gasteiger partial charge on any atom is -0.411 e. The first-order valence-electron chi connectivity index (χ1n) is 10.8. The molecule has 4 fully saturated rings. The minimum absolute atomic E-state index is 0. The molecule has 0 atom stereocenters. The number of nitrogens with zero attached hydrogens (tertiary/aromatic N) is 1. The zero-order chi connectivity index (χ0) is 23.0. The van der Waals surface area contributed by atoms with Gasteiger partial charge in [-0.1, -0.05) is 29.5 Å². The Hall–Kier alpha value is -0.791. The fourth-order valence-electron chi connectivity index (χ4n) is 3.06. The van der Waals surface area contributed by atoms with Crippen LogP contribution < -0.4 is 0 Å². The van der Waals surface area contributed by atoms with Crippen LogP contribution in [0.15, 0.2) is 35.5 Å². The molecule has 20 radical (unpaired) electrons. The number of allylic oxidation sites excluding steroid dienone is 2. The summed E-state index contributed by atoms with van der Waals surface area (Å²) in [5.74, 6) is 2.33. The van der Waals surface area contributed by atoms with Crippen LogP contribution in [0.4, 0.5) is 0 Å². The molecule has 0 saturated heterocycles. The molecule has 0 aliphatic heterocycles. The zero-order valence-corrected chi connectivity index (χ0v) is 21.3. The molecule has 0 heterocycles. The van der Waals surface area contributed by atoms with Gasteiger partial charge >= 0.3 is 34.1 Å². The first-order chi connectivity index (χ1) is 16.3. The van der Waals surface area contributed by atoms with Gasteiger partial charge in [-0.05, 0) is 150 Å². The van der Waals surface area contributed by atoms with E-state index in [-0.39, 0.29) is 34.1 Å². The Bertz CT molecular complexity index is 669. The molecule has 0 amide bonds. The Morgan fingerprint density at radius 3 is 1.06 bits per heavy atom. The maximum Gasteiger partial charge on any atom is 2.00 e. The maximum atomic E-state index is 8.80. The Morgan fingerprint density at radius 1 is 0.429 bits per heavy atom. The second-order valence-corrected chi connectivity index (χ2v) is 7.21. The third-order valence-corrected chi connectivity index (χ3v) is 4.63. The topological polar surface area (TPSA) is 32.6 Å². The van der Waals surface area contributed by atoms with Gasteiger partial charge in [-0.3, -0.25) is 0 Å². The molecule has 0 bridgehead atoms. The van der Waals surface area contributed by atoms with Crippen LogP contribution in [0.5, 0.6) is 0 Å². The average Bonchev–Trinajstić information content (AvgIpc) is 3.67. The van der Waals surface area contributed by atoms with E-state index in [9.17, 15) is 0 Å². The second-order valence-electron chi connectivity index (χ2n) is 7.21. The number of hydrogen-bond donors (Lipinski definition) is 1. The molecule has 0 aromatic heterocycles. The first kappa shape index (κ1) is 32.2. The van der Waals surface area contributed by atoms with Crippen molar-refractivity contribution in [2.45, 2.75) is 0 Å². The van der Waals surface area contributed by atoms with Crippen LogP contribution in [0.1, 0.15) is 16.7 Å². The fourth-order valence-corrected chi connectivity index (χ4v) is 3.06. The minimum atomic E-state index is 0. The van der Waals surface area contributed by atoms with E-state index in [4.69, 9.17) is 5.21 Å². The molecular weight excluding hydrogens is 514 g/mol. The molecule has 1 aromatic rings. The van der Waals surface area contributed by atoms with Gasteiger partial charge in [0, 0.05) is 11.8 Å². The van der Waals surface area contributed by atoms with Gasteiger partial charge < -0.3 is 5.21 Å². The Morgan fingerprint density at radius 2 is 0.743 bits per heavy atom. The number of benzene rings is 1. The summed E-state index contributed by atoms with van der Waals surface area (Å²) in [7, 11) is 0. The summed E-state index contributed by atoms with van der Waals surface area (Å²) in [5, 5.41) is 11.9. The van der Waals surface area contributed by atoms with Crippen molar-refractivity contribution >= 4 is 18.4 Å². The number of oxime groups is 1. The smallest absolute Gasteiger partial charge is 0.411 e. The van der Waals surface area contributed by atoms with Gasteiger partial charge in [0.05, 0.1) is 6.21 Å². The summed E-state index contributed by atoms with van der Waals surface area (Å²) >= 11 is 0. The Labute approximate surface area is 236 Å². The summed E-state index contributed by atoms with van der Waals surface area (Å²) in [6.45, 7) is 0. The van der Waals surface area contributed by atoms with Crippen LogP contribution in [0.3, 0.4) is 0 Å². The van der Waals surface area contributed by atoms with Crippen molar-refractivity contribution in [3.63, 3.8) is 0 Å². The monoisotopic (exact) mass is 541 g/mol. The third-order valence-electron chi connectivity index (χ3n) is 4.63. The summed E-state index contributed by atoms with van der Waals surface area (Å²) in [5.41, 5.74) is 2.98. The van der Waals surface area contributed by atoms with Crippen molar-refractivity contribution in [1.82, 2.24) is 0 Å². The Kier molecular flexibility index (Phi) is 18.7. The van der Waals surface area contributed by atoms with E-state index in [2.05, 4.69) is 61.2 Å². The summed E-state index contributed by atoms with van der Waals surface area (Å²) in [4.78, 5) is 0. The van der Waals surface area contributed by atoms with Gasteiger partial charge in [0.2, 0.25) is 0 Å². The average molecular weight is 541 g/mol. The number of rotatable bonds is 5. The van der Waals surface area contributed by atoms with Crippen molar-refractivity contribution in [2.75, 3.05) is 0 Å². The largest absolute Gasteiger partial charge is 2.00 e. The van der Waals surface area contributed by atoms with Crippen molar-refractivity contribution in [1.29, 1.82) is 0 Å². The SMILES string of the molecule is O/N=C/c1cc(/C=C/[C]2[CH][CH][CH][CH]2)cc(/C=C/[C]2[CH][CH][CH][CH]2)c1.[CH]1[CH][CH][CH][CH]1.[CH]1[CH][CH][CH][CH]1.[Fe+2].[Fe+2]. The molecule has 0 unspecified atom stereocenters. The maximum absolute atomic E-state index is 8.80. The summed E-state index contributed by atoms with van der Waals surface area (Å²) in [6.07, 6.45) is 46.0. The Balaban J connectivity index is 0.000000423. The van der Waals surface area contributed by atoms with Crippen molar-refractivity contribution in [3.8, 4) is 0 Å². The van der Waals surface area contributed by atoms with Crippen molar-refractivity contribution in [2.24, 2.45) is 5.16 Å². The normalized spacial score (nSPS) is 20.5. The van der Waals surface area contributed by atoms with E-state index in [1.165, 1.54) is 18.1 Å². The van der Waals surface area contributed by atoms with Crippen LogP contribution in [-0.4, -0.2) is 11.4 Å². The molecule has 4 heteroatoms. The molecule has 0 spiro atoms. The fraction of sp³-hybridized carbons (Fsp3) is 0. The van der Waals surface area contributed by atoms with E-state index in [0.717, 1.165) is 16.7 Å². The summed E-state index contributed by atoms with van der Waals surface area (Å²) in [6, 6.07) is 6.08.